The van der Waals surface area contributed by atoms with Gasteiger partial charge in [-0.3, -0.25) is 4.79 Å². The standard InChI is InChI=1S/C17H20FNO2S/c1-12(14-5-3-4-6-15(14)18)9-16(20)19-11-17(2,21)13-7-8-22-10-13/h3-8,10,12,21H,9,11H2,1-2H3,(H,19,20). The molecule has 5 heteroatoms. The number of hydrogen-bond acceptors (Lipinski definition) is 3. The second kappa shape index (κ2) is 7.03. The van der Waals surface area contributed by atoms with Gasteiger partial charge in [-0.15, -0.1) is 0 Å². The predicted octanol–water partition coefficient (Wildman–Crippen LogP) is 3.40. The number of nitrogens with one attached hydrogen (secondary N) is 1. The summed E-state index contributed by atoms with van der Waals surface area (Å²) in [5, 5.41) is 16.8. The third-order valence-electron chi connectivity index (χ3n) is 3.70. The maximum atomic E-state index is 13.7. The fourth-order valence-electron chi connectivity index (χ4n) is 2.28. The summed E-state index contributed by atoms with van der Waals surface area (Å²) in [4.78, 5) is 12.0. The van der Waals surface area contributed by atoms with E-state index in [1.54, 1.807) is 25.1 Å². The Labute approximate surface area is 133 Å². The summed E-state index contributed by atoms with van der Waals surface area (Å²) in [5.41, 5.74) is 0.207. The molecule has 3 nitrogen and oxygen atoms in total. The number of carbonyl (C=O) groups excluding carboxylic acids is 1. The molecule has 1 heterocycles. The first-order valence-corrected chi connectivity index (χ1v) is 8.10. The van der Waals surface area contributed by atoms with Crippen LogP contribution >= 0.6 is 11.3 Å². The van der Waals surface area contributed by atoms with Crippen LogP contribution in [-0.4, -0.2) is 17.6 Å². The van der Waals surface area contributed by atoms with Crippen LogP contribution < -0.4 is 5.32 Å². The topological polar surface area (TPSA) is 49.3 Å². The van der Waals surface area contributed by atoms with E-state index in [1.165, 1.54) is 17.4 Å². The number of amides is 1. The van der Waals surface area contributed by atoms with Crippen molar-refractivity contribution in [1.82, 2.24) is 5.32 Å². The average molecular weight is 321 g/mol. The van der Waals surface area contributed by atoms with Crippen LogP contribution in [0, 0.1) is 5.82 Å². The SMILES string of the molecule is CC(CC(=O)NCC(C)(O)c1ccsc1)c1ccccc1F. The van der Waals surface area contributed by atoms with Crippen LogP contribution in [0.25, 0.3) is 0 Å². The first-order valence-electron chi connectivity index (χ1n) is 7.16. The molecule has 1 amide bonds. The number of thiophene rings is 1. The smallest absolute Gasteiger partial charge is 0.220 e. The summed E-state index contributed by atoms with van der Waals surface area (Å²) in [6.07, 6.45) is 0.181. The zero-order valence-electron chi connectivity index (χ0n) is 12.7. The lowest BCUT2D eigenvalue weighted by Crippen LogP contribution is -2.38. The largest absolute Gasteiger partial charge is 0.384 e. The highest BCUT2D eigenvalue weighted by Gasteiger charge is 2.24. The van der Waals surface area contributed by atoms with Crippen LogP contribution in [0.4, 0.5) is 4.39 Å². The second-order valence-electron chi connectivity index (χ2n) is 5.69. The molecule has 1 aromatic carbocycles. The van der Waals surface area contributed by atoms with Gasteiger partial charge < -0.3 is 10.4 Å². The van der Waals surface area contributed by atoms with Gasteiger partial charge in [0.2, 0.25) is 5.91 Å². The summed E-state index contributed by atoms with van der Waals surface area (Å²) >= 11 is 1.50. The maximum Gasteiger partial charge on any atom is 0.220 e. The van der Waals surface area contributed by atoms with E-state index in [-0.39, 0.29) is 30.6 Å². The molecule has 0 spiro atoms. The van der Waals surface area contributed by atoms with Crippen molar-refractivity contribution in [2.45, 2.75) is 31.8 Å². The Bertz CT molecular complexity index is 625. The van der Waals surface area contributed by atoms with E-state index in [0.29, 0.717) is 5.56 Å². The van der Waals surface area contributed by atoms with Crippen LogP contribution in [0.3, 0.4) is 0 Å². The van der Waals surface area contributed by atoms with Crippen LogP contribution in [-0.2, 0) is 10.4 Å². The molecule has 0 aliphatic rings. The monoisotopic (exact) mass is 321 g/mol. The van der Waals surface area contributed by atoms with Gasteiger partial charge in [0.05, 0.1) is 6.54 Å². The molecule has 2 atom stereocenters. The Balaban J connectivity index is 1.89. The number of hydrogen-bond donors (Lipinski definition) is 2. The first-order chi connectivity index (χ1) is 10.4. The highest BCUT2D eigenvalue weighted by molar-refractivity contribution is 7.08. The van der Waals surface area contributed by atoms with E-state index in [1.807, 2.05) is 23.8 Å². The van der Waals surface area contributed by atoms with E-state index < -0.39 is 5.60 Å². The lowest BCUT2D eigenvalue weighted by molar-refractivity contribution is -0.122. The molecule has 0 radical (unpaired) electrons. The molecule has 0 aliphatic carbocycles. The van der Waals surface area contributed by atoms with Crippen LogP contribution in [0.2, 0.25) is 0 Å². The minimum absolute atomic E-state index is 0.132. The number of rotatable bonds is 6. The lowest BCUT2D eigenvalue weighted by atomic mass is 9.96. The molecule has 0 saturated carbocycles. The van der Waals surface area contributed by atoms with Crippen molar-refractivity contribution in [2.75, 3.05) is 6.54 Å². The minimum atomic E-state index is -1.10. The number of carbonyl (C=O) groups is 1. The van der Waals surface area contributed by atoms with Gasteiger partial charge in [0, 0.05) is 6.42 Å². The highest BCUT2D eigenvalue weighted by atomic mass is 32.1. The Hall–Kier alpha value is -1.72. The van der Waals surface area contributed by atoms with Crippen molar-refractivity contribution in [3.05, 3.63) is 58.0 Å². The molecule has 118 valence electrons. The van der Waals surface area contributed by atoms with Gasteiger partial charge in [0.15, 0.2) is 0 Å². The van der Waals surface area contributed by atoms with Gasteiger partial charge in [-0.1, -0.05) is 25.1 Å². The number of aliphatic hydroxyl groups is 1. The summed E-state index contributed by atoms with van der Waals surface area (Å²) < 4.78 is 13.7. The molecule has 2 aromatic rings. The van der Waals surface area contributed by atoms with Crippen molar-refractivity contribution >= 4 is 17.2 Å². The van der Waals surface area contributed by atoms with Crippen molar-refractivity contribution < 1.29 is 14.3 Å². The van der Waals surface area contributed by atoms with Crippen molar-refractivity contribution in [1.29, 1.82) is 0 Å². The molecule has 2 rings (SSSR count). The zero-order chi connectivity index (χ0) is 16.2. The van der Waals surface area contributed by atoms with Crippen molar-refractivity contribution in [3.63, 3.8) is 0 Å². The maximum absolute atomic E-state index is 13.7. The highest BCUT2D eigenvalue weighted by Crippen LogP contribution is 2.23. The Morgan fingerprint density at radius 3 is 2.77 bits per heavy atom. The molecule has 0 saturated heterocycles. The normalized spacial score (nSPS) is 15.1. The zero-order valence-corrected chi connectivity index (χ0v) is 13.5. The summed E-state index contributed by atoms with van der Waals surface area (Å²) in [7, 11) is 0. The van der Waals surface area contributed by atoms with E-state index in [9.17, 15) is 14.3 Å². The van der Waals surface area contributed by atoms with E-state index in [4.69, 9.17) is 0 Å². The van der Waals surface area contributed by atoms with Crippen LogP contribution in [0.5, 0.6) is 0 Å². The Kier molecular flexibility index (Phi) is 5.32. The van der Waals surface area contributed by atoms with Crippen LogP contribution in [0.1, 0.15) is 37.3 Å². The number of halogens is 1. The second-order valence-corrected chi connectivity index (χ2v) is 6.47. The predicted molar refractivity (Wildman–Crippen MR) is 86.3 cm³/mol. The summed E-state index contributed by atoms with van der Waals surface area (Å²) in [6, 6.07) is 8.30. The minimum Gasteiger partial charge on any atom is -0.384 e. The van der Waals surface area contributed by atoms with E-state index >= 15 is 0 Å². The quantitative estimate of drug-likeness (QED) is 0.856. The molecule has 22 heavy (non-hydrogen) atoms. The lowest BCUT2D eigenvalue weighted by Gasteiger charge is -2.23. The molecule has 2 unspecified atom stereocenters. The van der Waals surface area contributed by atoms with Gasteiger partial charge in [0.1, 0.15) is 11.4 Å². The molecule has 0 aliphatic heterocycles. The molecular formula is C17H20FNO2S. The van der Waals surface area contributed by atoms with Crippen LogP contribution in [0.15, 0.2) is 41.1 Å². The van der Waals surface area contributed by atoms with Crippen molar-refractivity contribution in [3.8, 4) is 0 Å². The average Bonchev–Trinajstić information content (AvgIpc) is 3.00. The molecule has 2 N–H and O–H groups in total. The third kappa shape index (κ3) is 4.15. The summed E-state index contributed by atoms with van der Waals surface area (Å²) in [5.74, 6) is -0.716. The van der Waals surface area contributed by atoms with E-state index in [2.05, 4.69) is 5.32 Å². The van der Waals surface area contributed by atoms with E-state index in [0.717, 1.165) is 5.56 Å². The Morgan fingerprint density at radius 1 is 1.41 bits per heavy atom. The van der Waals surface area contributed by atoms with Gasteiger partial charge in [-0.2, -0.15) is 11.3 Å². The Morgan fingerprint density at radius 2 is 2.14 bits per heavy atom. The fraction of sp³-hybridized carbons (Fsp3) is 0.353. The fourth-order valence-corrected chi connectivity index (χ4v) is 3.06. The van der Waals surface area contributed by atoms with Gasteiger partial charge in [-0.05, 0) is 46.9 Å². The first kappa shape index (κ1) is 16.6. The van der Waals surface area contributed by atoms with Gasteiger partial charge in [0.25, 0.3) is 0 Å². The summed E-state index contributed by atoms with van der Waals surface area (Å²) in [6.45, 7) is 3.61. The molecule has 0 bridgehead atoms. The third-order valence-corrected chi connectivity index (χ3v) is 4.38. The van der Waals surface area contributed by atoms with Gasteiger partial charge >= 0.3 is 0 Å². The molecule has 0 fully saturated rings. The van der Waals surface area contributed by atoms with Crippen molar-refractivity contribution in [2.24, 2.45) is 0 Å². The molecule has 1 aromatic heterocycles. The van der Waals surface area contributed by atoms with Gasteiger partial charge in [-0.25, -0.2) is 4.39 Å². The number of benzene rings is 1. The molecular weight excluding hydrogens is 301 g/mol.